The molecule has 1 N–H and O–H groups in total. The highest BCUT2D eigenvalue weighted by Crippen LogP contribution is 2.36. The smallest absolute Gasteiger partial charge is 0.228 e. The first-order valence-electron chi connectivity index (χ1n) is 6.21. The molecule has 0 bridgehead atoms. The van der Waals surface area contributed by atoms with Gasteiger partial charge in [-0.3, -0.25) is 14.5 Å². The number of amides is 1. The molecule has 0 aliphatic carbocycles. The highest BCUT2D eigenvalue weighted by Gasteiger charge is 2.40. The van der Waals surface area contributed by atoms with Gasteiger partial charge in [0.1, 0.15) is 5.82 Å². The number of carbonyl (C=O) groups excluding carboxylic acids is 1. The van der Waals surface area contributed by atoms with Crippen LogP contribution < -0.4 is 10.3 Å². The number of hydrogen-bond acceptors (Lipinski definition) is 2. The maximum Gasteiger partial charge on any atom is 0.228 e. The van der Waals surface area contributed by atoms with Crippen molar-refractivity contribution < 1.29 is 4.79 Å². The van der Waals surface area contributed by atoms with E-state index < -0.39 is 0 Å². The molecule has 0 saturated carbocycles. The van der Waals surface area contributed by atoms with Crippen molar-refractivity contribution in [1.82, 2.24) is 4.98 Å². The van der Waals surface area contributed by atoms with E-state index in [1.165, 1.54) is 0 Å². The standard InChI is InChI=1S/C14H12N2O2/c17-12-6-5-8-7-10-13(18)9-3-1-2-4-11(9)15-14(10)16(8)12/h1-4,8H,5-7H2,(H,15,18)/t8-/m1/s1. The van der Waals surface area contributed by atoms with Gasteiger partial charge in [0.15, 0.2) is 5.43 Å². The van der Waals surface area contributed by atoms with Gasteiger partial charge in [0.05, 0.1) is 5.52 Å². The molecule has 1 saturated heterocycles. The molecule has 0 unspecified atom stereocenters. The summed E-state index contributed by atoms with van der Waals surface area (Å²) < 4.78 is 0. The van der Waals surface area contributed by atoms with E-state index in [0.29, 0.717) is 18.2 Å². The van der Waals surface area contributed by atoms with Crippen LogP contribution in [0.4, 0.5) is 5.82 Å². The number of para-hydroxylation sites is 1. The molecule has 0 radical (unpaired) electrons. The van der Waals surface area contributed by atoms with E-state index in [4.69, 9.17) is 0 Å². The number of benzene rings is 1. The molecule has 1 amide bonds. The molecular weight excluding hydrogens is 228 g/mol. The second kappa shape index (κ2) is 3.22. The third-order valence-corrected chi connectivity index (χ3v) is 3.99. The summed E-state index contributed by atoms with van der Waals surface area (Å²) in [6.45, 7) is 0. The quantitative estimate of drug-likeness (QED) is 0.760. The molecule has 0 spiro atoms. The summed E-state index contributed by atoms with van der Waals surface area (Å²) in [5.41, 5.74) is 1.65. The number of pyridine rings is 1. The number of carbonyl (C=O) groups is 1. The van der Waals surface area contributed by atoms with Gasteiger partial charge in [0.25, 0.3) is 0 Å². The largest absolute Gasteiger partial charge is 0.341 e. The summed E-state index contributed by atoms with van der Waals surface area (Å²) in [5.74, 6) is 0.857. The molecule has 3 heterocycles. The van der Waals surface area contributed by atoms with Gasteiger partial charge in [-0.2, -0.15) is 0 Å². The van der Waals surface area contributed by atoms with Crippen molar-refractivity contribution in [1.29, 1.82) is 0 Å². The zero-order valence-corrected chi connectivity index (χ0v) is 9.77. The molecule has 18 heavy (non-hydrogen) atoms. The molecule has 2 aliphatic heterocycles. The van der Waals surface area contributed by atoms with Crippen LogP contribution in [0.1, 0.15) is 18.4 Å². The van der Waals surface area contributed by atoms with Crippen LogP contribution in [0, 0.1) is 0 Å². The Labute approximate surface area is 103 Å². The molecule has 1 aromatic heterocycles. The minimum absolute atomic E-state index is 0.0709. The molecular formula is C14H12N2O2. The lowest BCUT2D eigenvalue weighted by molar-refractivity contribution is -0.117. The van der Waals surface area contributed by atoms with Crippen molar-refractivity contribution in [2.24, 2.45) is 0 Å². The second-order valence-electron chi connectivity index (χ2n) is 4.99. The molecule has 4 nitrogen and oxygen atoms in total. The lowest BCUT2D eigenvalue weighted by Gasteiger charge is -2.16. The third kappa shape index (κ3) is 1.10. The Balaban J connectivity index is 2.06. The van der Waals surface area contributed by atoms with Crippen molar-refractivity contribution in [3.8, 4) is 0 Å². The van der Waals surface area contributed by atoms with Crippen LogP contribution >= 0.6 is 0 Å². The highest BCUT2D eigenvalue weighted by atomic mass is 16.2. The van der Waals surface area contributed by atoms with Gasteiger partial charge in [0, 0.05) is 29.8 Å². The Morgan fingerprint density at radius 3 is 2.94 bits per heavy atom. The molecule has 1 aromatic carbocycles. The summed E-state index contributed by atoms with van der Waals surface area (Å²) in [6.07, 6.45) is 2.15. The number of nitrogens with one attached hydrogen (secondary N) is 1. The second-order valence-corrected chi connectivity index (χ2v) is 4.99. The summed E-state index contributed by atoms with van der Waals surface area (Å²) in [6, 6.07) is 7.66. The number of hydrogen-bond donors (Lipinski definition) is 1. The maximum atomic E-state index is 12.4. The zero-order valence-electron chi connectivity index (χ0n) is 9.77. The monoisotopic (exact) mass is 240 g/mol. The van der Waals surface area contributed by atoms with E-state index in [0.717, 1.165) is 23.3 Å². The van der Waals surface area contributed by atoms with Gasteiger partial charge in [-0.05, 0) is 18.6 Å². The van der Waals surface area contributed by atoms with Crippen LogP contribution in [0.25, 0.3) is 10.9 Å². The fourth-order valence-electron chi connectivity index (χ4n) is 3.14. The minimum atomic E-state index is 0.0709. The first-order chi connectivity index (χ1) is 8.75. The highest BCUT2D eigenvalue weighted by molar-refractivity contribution is 5.99. The number of nitrogens with zero attached hydrogens (tertiary/aromatic N) is 1. The van der Waals surface area contributed by atoms with E-state index in [-0.39, 0.29) is 17.4 Å². The van der Waals surface area contributed by atoms with Crippen LogP contribution in [-0.2, 0) is 11.2 Å². The Hall–Kier alpha value is -2.10. The van der Waals surface area contributed by atoms with E-state index in [2.05, 4.69) is 4.98 Å². The van der Waals surface area contributed by atoms with E-state index in [9.17, 15) is 9.59 Å². The normalized spacial score (nSPS) is 21.4. The van der Waals surface area contributed by atoms with Crippen LogP contribution in [0.2, 0.25) is 0 Å². The third-order valence-electron chi connectivity index (χ3n) is 3.99. The SMILES string of the molecule is O=C1CC[C@@H]2Cc3c([nH]c4ccccc4c3=O)N12. The van der Waals surface area contributed by atoms with Crippen LogP contribution in [0.15, 0.2) is 29.1 Å². The predicted molar refractivity (Wildman–Crippen MR) is 68.8 cm³/mol. The van der Waals surface area contributed by atoms with Gasteiger partial charge in [0.2, 0.25) is 5.91 Å². The molecule has 1 atom stereocenters. The van der Waals surface area contributed by atoms with Crippen LogP contribution in [0.5, 0.6) is 0 Å². The summed E-state index contributed by atoms with van der Waals surface area (Å²) in [4.78, 5) is 29.3. The van der Waals surface area contributed by atoms with Crippen molar-refractivity contribution in [2.45, 2.75) is 25.3 Å². The molecule has 2 aromatic rings. The van der Waals surface area contributed by atoms with Gasteiger partial charge in [-0.1, -0.05) is 12.1 Å². The average Bonchev–Trinajstić information content (AvgIpc) is 2.91. The number of H-pyrrole nitrogens is 1. The lowest BCUT2D eigenvalue weighted by atomic mass is 10.1. The van der Waals surface area contributed by atoms with Gasteiger partial charge >= 0.3 is 0 Å². The van der Waals surface area contributed by atoms with Gasteiger partial charge in [-0.15, -0.1) is 0 Å². The van der Waals surface area contributed by atoms with Gasteiger partial charge in [-0.25, -0.2) is 0 Å². The summed E-state index contributed by atoms with van der Waals surface area (Å²) >= 11 is 0. The van der Waals surface area contributed by atoms with E-state index in [1.807, 2.05) is 24.3 Å². The molecule has 4 rings (SSSR count). The fraction of sp³-hybridized carbons (Fsp3) is 0.286. The average molecular weight is 240 g/mol. The predicted octanol–water partition coefficient (Wildman–Crippen LogP) is 1.58. The Bertz CT molecular complexity index is 732. The maximum absolute atomic E-state index is 12.4. The van der Waals surface area contributed by atoms with E-state index >= 15 is 0 Å². The van der Waals surface area contributed by atoms with Gasteiger partial charge < -0.3 is 4.98 Å². The van der Waals surface area contributed by atoms with E-state index in [1.54, 1.807) is 4.90 Å². The Morgan fingerprint density at radius 2 is 2.06 bits per heavy atom. The Morgan fingerprint density at radius 1 is 1.22 bits per heavy atom. The molecule has 1 fully saturated rings. The summed E-state index contributed by atoms with van der Waals surface area (Å²) in [5, 5.41) is 0.713. The number of aromatic nitrogens is 1. The topological polar surface area (TPSA) is 53.2 Å². The minimum Gasteiger partial charge on any atom is -0.341 e. The number of aromatic amines is 1. The summed E-state index contributed by atoms with van der Waals surface area (Å²) in [7, 11) is 0. The number of anilines is 1. The molecule has 4 heteroatoms. The Kier molecular flexibility index (Phi) is 1.77. The number of rotatable bonds is 0. The lowest BCUT2D eigenvalue weighted by Crippen LogP contribution is -2.29. The van der Waals surface area contributed by atoms with Crippen molar-refractivity contribution >= 4 is 22.6 Å². The van der Waals surface area contributed by atoms with Crippen molar-refractivity contribution in [3.63, 3.8) is 0 Å². The van der Waals surface area contributed by atoms with Crippen molar-refractivity contribution in [3.05, 3.63) is 40.1 Å². The molecule has 2 aliphatic rings. The first kappa shape index (κ1) is 9.88. The first-order valence-corrected chi connectivity index (χ1v) is 6.21. The fourth-order valence-corrected chi connectivity index (χ4v) is 3.14. The van der Waals surface area contributed by atoms with Crippen molar-refractivity contribution in [2.75, 3.05) is 4.90 Å². The van der Waals surface area contributed by atoms with Crippen LogP contribution in [0.3, 0.4) is 0 Å². The molecule has 90 valence electrons. The number of fused-ring (bicyclic) bond motifs is 4. The zero-order chi connectivity index (χ0) is 12.3. The van der Waals surface area contributed by atoms with Crippen LogP contribution in [-0.4, -0.2) is 16.9 Å².